The Morgan fingerprint density at radius 1 is 1.40 bits per heavy atom. The zero-order valence-electron chi connectivity index (χ0n) is 11.9. The lowest BCUT2D eigenvalue weighted by atomic mass is 10.0. The fourth-order valence-corrected chi connectivity index (χ4v) is 2.61. The SMILES string of the molecule is CCN(CC(=O)Nc1ccccc1F)C1CCNCC1. The minimum Gasteiger partial charge on any atom is -0.322 e. The number of likely N-dealkylation sites (N-methyl/N-ethyl adjacent to an activating group) is 1. The predicted octanol–water partition coefficient (Wildman–Crippen LogP) is 1.84. The molecule has 2 N–H and O–H groups in total. The quantitative estimate of drug-likeness (QED) is 0.864. The Morgan fingerprint density at radius 2 is 2.10 bits per heavy atom. The Bertz CT molecular complexity index is 446. The first-order valence-electron chi connectivity index (χ1n) is 7.20. The van der Waals surface area contributed by atoms with Crippen molar-refractivity contribution >= 4 is 11.6 Å². The normalized spacial score (nSPS) is 16.4. The number of carbonyl (C=O) groups excluding carboxylic acids is 1. The molecule has 1 aromatic rings. The summed E-state index contributed by atoms with van der Waals surface area (Å²) in [5.74, 6) is -0.554. The minimum absolute atomic E-state index is 0.157. The minimum atomic E-state index is -0.397. The Morgan fingerprint density at radius 3 is 2.75 bits per heavy atom. The van der Waals surface area contributed by atoms with Gasteiger partial charge >= 0.3 is 0 Å². The van der Waals surface area contributed by atoms with Crippen molar-refractivity contribution in [2.45, 2.75) is 25.8 Å². The lowest BCUT2D eigenvalue weighted by Gasteiger charge is -2.33. The number of halogens is 1. The van der Waals surface area contributed by atoms with Crippen molar-refractivity contribution < 1.29 is 9.18 Å². The van der Waals surface area contributed by atoms with E-state index in [1.54, 1.807) is 18.2 Å². The monoisotopic (exact) mass is 279 g/mol. The third-order valence-corrected chi connectivity index (χ3v) is 3.73. The van der Waals surface area contributed by atoms with Crippen LogP contribution >= 0.6 is 0 Å². The van der Waals surface area contributed by atoms with Crippen LogP contribution in [0.5, 0.6) is 0 Å². The van der Waals surface area contributed by atoms with E-state index in [4.69, 9.17) is 0 Å². The third kappa shape index (κ3) is 4.02. The summed E-state index contributed by atoms with van der Waals surface area (Å²) in [6.07, 6.45) is 2.11. The number of carbonyl (C=O) groups is 1. The van der Waals surface area contributed by atoms with Crippen molar-refractivity contribution in [3.63, 3.8) is 0 Å². The molecule has 2 rings (SSSR count). The summed E-state index contributed by atoms with van der Waals surface area (Å²) in [6.45, 7) is 5.19. The van der Waals surface area contributed by atoms with Crippen molar-refractivity contribution in [2.24, 2.45) is 0 Å². The number of nitrogens with zero attached hydrogens (tertiary/aromatic N) is 1. The second-order valence-electron chi connectivity index (χ2n) is 5.07. The highest BCUT2D eigenvalue weighted by molar-refractivity contribution is 5.92. The Kier molecular flexibility index (Phi) is 5.49. The number of rotatable bonds is 5. The van der Waals surface area contributed by atoms with Gasteiger partial charge < -0.3 is 10.6 Å². The summed E-state index contributed by atoms with van der Waals surface area (Å²) in [5, 5.41) is 5.96. The van der Waals surface area contributed by atoms with Crippen LogP contribution in [0.3, 0.4) is 0 Å². The molecule has 0 aliphatic carbocycles. The molecule has 1 amide bonds. The smallest absolute Gasteiger partial charge is 0.238 e. The van der Waals surface area contributed by atoms with Gasteiger partial charge in [-0.2, -0.15) is 0 Å². The second kappa shape index (κ2) is 7.36. The predicted molar refractivity (Wildman–Crippen MR) is 78.2 cm³/mol. The van der Waals surface area contributed by atoms with Crippen LogP contribution in [0.1, 0.15) is 19.8 Å². The van der Waals surface area contributed by atoms with E-state index in [2.05, 4.69) is 22.5 Å². The van der Waals surface area contributed by atoms with E-state index in [1.165, 1.54) is 6.07 Å². The number of nitrogens with one attached hydrogen (secondary N) is 2. The number of benzene rings is 1. The van der Waals surface area contributed by atoms with Gasteiger partial charge in [0.25, 0.3) is 0 Å². The van der Waals surface area contributed by atoms with Crippen LogP contribution < -0.4 is 10.6 Å². The molecule has 1 aromatic carbocycles. The largest absolute Gasteiger partial charge is 0.322 e. The van der Waals surface area contributed by atoms with Gasteiger partial charge in [0.15, 0.2) is 0 Å². The Labute approximate surface area is 119 Å². The summed E-state index contributed by atoms with van der Waals surface area (Å²) in [6, 6.07) is 6.68. The summed E-state index contributed by atoms with van der Waals surface area (Å²) < 4.78 is 13.5. The molecule has 5 heteroatoms. The van der Waals surface area contributed by atoms with E-state index in [0.29, 0.717) is 12.6 Å². The number of anilines is 1. The summed E-state index contributed by atoms with van der Waals surface area (Å²) in [5.41, 5.74) is 0.249. The maximum atomic E-state index is 13.5. The lowest BCUT2D eigenvalue weighted by molar-refractivity contribution is -0.118. The van der Waals surface area contributed by atoms with Gasteiger partial charge in [0.1, 0.15) is 5.82 Å². The van der Waals surface area contributed by atoms with Gasteiger partial charge in [-0.25, -0.2) is 4.39 Å². The van der Waals surface area contributed by atoms with Gasteiger partial charge in [-0.15, -0.1) is 0 Å². The molecule has 1 heterocycles. The number of piperidine rings is 1. The van der Waals surface area contributed by atoms with Crippen molar-refractivity contribution in [3.8, 4) is 0 Å². The topological polar surface area (TPSA) is 44.4 Å². The summed E-state index contributed by atoms with van der Waals surface area (Å²) >= 11 is 0. The van der Waals surface area contributed by atoms with Gasteiger partial charge in [-0.3, -0.25) is 9.69 Å². The van der Waals surface area contributed by atoms with Crippen LogP contribution in [0.2, 0.25) is 0 Å². The first-order chi connectivity index (χ1) is 9.70. The maximum absolute atomic E-state index is 13.5. The van der Waals surface area contributed by atoms with Crippen LogP contribution in [0.25, 0.3) is 0 Å². The van der Waals surface area contributed by atoms with Crippen LogP contribution in [0.15, 0.2) is 24.3 Å². The fourth-order valence-electron chi connectivity index (χ4n) is 2.61. The molecule has 110 valence electrons. The molecule has 0 aromatic heterocycles. The molecule has 0 bridgehead atoms. The molecule has 1 fully saturated rings. The van der Waals surface area contributed by atoms with Crippen molar-refractivity contribution in [3.05, 3.63) is 30.1 Å². The average Bonchev–Trinajstić information content (AvgIpc) is 2.48. The number of para-hydroxylation sites is 1. The standard InChI is InChI=1S/C15H22FN3O/c1-2-19(12-7-9-17-10-8-12)11-15(20)18-14-6-4-3-5-13(14)16/h3-6,12,17H,2,7-11H2,1H3,(H,18,20). The summed E-state index contributed by atoms with van der Waals surface area (Å²) in [7, 11) is 0. The van der Waals surface area contributed by atoms with Crippen LogP contribution in [0, 0.1) is 5.82 Å². The first kappa shape index (κ1) is 14.9. The second-order valence-corrected chi connectivity index (χ2v) is 5.07. The van der Waals surface area contributed by atoms with Crippen molar-refractivity contribution in [1.82, 2.24) is 10.2 Å². The number of hydrogen-bond acceptors (Lipinski definition) is 3. The average molecular weight is 279 g/mol. The van der Waals surface area contributed by atoms with E-state index in [1.807, 2.05) is 0 Å². The molecule has 0 atom stereocenters. The molecule has 0 saturated carbocycles. The first-order valence-corrected chi connectivity index (χ1v) is 7.20. The molecule has 1 saturated heterocycles. The van der Waals surface area contributed by atoms with Gasteiger partial charge in [0, 0.05) is 6.04 Å². The molecular weight excluding hydrogens is 257 g/mol. The van der Waals surface area contributed by atoms with Crippen molar-refractivity contribution in [2.75, 3.05) is 31.5 Å². The van der Waals surface area contributed by atoms with Gasteiger partial charge in [0.05, 0.1) is 12.2 Å². The fraction of sp³-hybridized carbons (Fsp3) is 0.533. The van der Waals surface area contributed by atoms with E-state index >= 15 is 0 Å². The van der Waals surface area contributed by atoms with Crippen LogP contribution in [0.4, 0.5) is 10.1 Å². The van der Waals surface area contributed by atoms with Gasteiger partial charge in [-0.05, 0) is 44.6 Å². The van der Waals surface area contributed by atoms with E-state index in [0.717, 1.165) is 32.5 Å². The Balaban J connectivity index is 1.90. The maximum Gasteiger partial charge on any atom is 0.238 e. The molecular formula is C15H22FN3O. The number of amides is 1. The van der Waals surface area contributed by atoms with Crippen LogP contribution in [-0.4, -0.2) is 43.0 Å². The molecule has 0 spiro atoms. The molecule has 20 heavy (non-hydrogen) atoms. The van der Waals surface area contributed by atoms with Gasteiger partial charge in [0.2, 0.25) is 5.91 Å². The van der Waals surface area contributed by atoms with Crippen LogP contribution in [-0.2, 0) is 4.79 Å². The van der Waals surface area contributed by atoms with E-state index < -0.39 is 5.82 Å². The van der Waals surface area contributed by atoms with E-state index in [-0.39, 0.29) is 11.6 Å². The van der Waals surface area contributed by atoms with Crippen molar-refractivity contribution in [1.29, 1.82) is 0 Å². The molecule has 1 aliphatic rings. The lowest BCUT2D eigenvalue weighted by Crippen LogP contribution is -2.46. The molecule has 0 radical (unpaired) electrons. The highest BCUT2D eigenvalue weighted by Crippen LogP contribution is 2.14. The third-order valence-electron chi connectivity index (χ3n) is 3.73. The molecule has 0 unspecified atom stereocenters. The highest BCUT2D eigenvalue weighted by Gasteiger charge is 2.21. The Hall–Kier alpha value is -1.46. The van der Waals surface area contributed by atoms with E-state index in [9.17, 15) is 9.18 Å². The van der Waals surface area contributed by atoms with Gasteiger partial charge in [-0.1, -0.05) is 19.1 Å². The zero-order chi connectivity index (χ0) is 14.4. The number of hydrogen-bond donors (Lipinski definition) is 2. The summed E-state index contributed by atoms with van der Waals surface area (Å²) in [4.78, 5) is 14.2. The highest BCUT2D eigenvalue weighted by atomic mass is 19.1. The molecule has 4 nitrogen and oxygen atoms in total. The molecule has 1 aliphatic heterocycles. The zero-order valence-corrected chi connectivity index (χ0v) is 11.9.